The van der Waals surface area contributed by atoms with Crippen LogP contribution < -0.4 is 0 Å². The molecule has 3 rings (SSSR count). The van der Waals surface area contributed by atoms with E-state index >= 15 is 0 Å². The predicted octanol–water partition coefficient (Wildman–Crippen LogP) is 1.75. The summed E-state index contributed by atoms with van der Waals surface area (Å²) in [6.07, 6.45) is 0.683. The Morgan fingerprint density at radius 1 is 1.26 bits per heavy atom. The monoisotopic (exact) mass is 295 g/mol. The normalized spacial score (nSPS) is 21.6. The molecule has 1 aliphatic rings. The maximum Gasteiger partial charge on any atom is 0.209 e. The lowest BCUT2D eigenvalue weighted by Crippen LogP contribution is -2.06. The molecule has 1 aromatic carbocycles. The number of aromatic amines is 1. The highest BCUT2D eigenvalue weighted by Gasteiger charge is 2.29. The molecule has 1 fully saturated rings. The molecule has 19 heavy (non-hydrogen) atoms. The minimum absolute atomic E-state index is 0.0735. The maximum atomic E-state index is 11.4. The van der Waals surface area contributed by atoms with E-state index < -0.39 is 9.84 Å². The summed E-state index contributed by atoms with van der Waals surface area (Å²) < 4.78 is 22.8. The van der Waals surface area contributed by atoms with Crippen LogP contribution in [0, 0.1) is 0 Å². The average Bonchev–Trinajstić information content (AvgIpc) is 2.98. The zero-order chi connectivity index (χ0) is 13.3. The summed E-state index contributed by atoms with van der Waals surface area (Å²) in [6, 6.07) is 9.73. The Morgan fingerprint density at radius 3 is 2.74 bits per heavy atom. The summed E-state index contributed by atoms with van der Waals surface area (Å²) >= 11 is 1.44. The van der Waals surface area contributed by atoms with Crippen molar-refractivity contribution in [2.45, 2.75) is 16.8 Å². The Morgan fingerprint density at radius 2 is 2.05 bits per heavy atom. The van der Waals surface area contributed by atoms with Crippen molar-refractivity contribution in [2.24, 2.45) is 0 Å². The molecule has 0 unspecified atom stereocenters. The van der Waals surface area contributed by atoms with Crippen molar-refractivity contribution in [3.63, 3.8) is 0 Å². The number of aromatic nitrogens is 3. The van der Waals surface area contributed by atoms with Crippen LogP contribution in [0.1, 0.15) is 6.42 Å². The molecule has 7 heteroatoms. The largest absolute Gasteiger partial charge is 0.258 e. The molecule has 1 atom stereocenters. The van der Waals surface area contributed by atoms with Crippen molar-refractivity contribution < 1.29 is 8.42 Å². The van der Waals surface area contributed by atoms with E-state index in [2.05, 4.69) is 15.2 Å². The van der Waals surface area contributed by atoms with E-state index in [0.29, 0.717) is 17.4 Å². The number of benzene rings is 1. The van der Waals surface area contributed by atoms with E-state index in [9.17, 15) is 8.42 Å². The van der Waals surface area contributed by atoms with Crippen molar-refractivity contribution in [3.8, 4) is 11.4 Å². The summed E-state index contributed by atoms with van der Waals surface area (Å²) in [5, 5.41) is 7.71. The van der Waals surface area contributed by atoms with Gasteiger partial charge in [-0.1, -0.05) is 42.1 Å². The van der Waals surface area contributed by atoms with Crippen LogP contribution in [-0.2, 0) is 9.84 Å². The van der Waals surface area contributed by atoms with Crippen molar-refractivity contribution in [1.29, 1.82) is 0 Å². The van der Waals surface area contributed by atoms with Gasteiger partial charge in [-0.2, -0.15) is 0 Å². The van der Waals surface area contributed by atoms with Gasteiger partial charge in [0.25, 0.3) is 0 Å². The third-order valence-electron chi connectivity index (χ3n) is 2.97. The van der Waals surface area contributed by atoms with Gasteiger partial charge in [0.2, 0.25) is 5.16 Å². The number of rotatable bonds is 3. The van der Waals surface area contributed by atoms with Crippen molar-refractivity contribution >= 4 is 21.6 Å². The first kappa shape index (κ1) is 12.7. The molecule has 0 bridgehead atoms. The molecule has 5 nitrogen and oxygen atoms in total. The zero-order valence-corrected chi connectivity index (χ0v) is 11.7. The molecule has 100 valence electrons. The van der Waals surface area contributed by atoms with Crippen LogP contribution >= 0.6 is 11.8 Å². The Labute approximate surface area is 115 Å². The second-order valence-corrected chi connectivity index (χ2v) is 7.97. The van der Waals surface area contributed by atoms with Gasteiger partial charge in [0.05, 0.1) is 11.5 Å². The van der Waals surface area contributed by atoms with Crippen LogP contribution in [0.5, 0.6) is 0 Å². The first-order valence-corrected chi connectivity index (χ1v) is 8.67. The van der Waals surface area contributed by atoms with E-state index in [1.54, 1.807) is 0 Å². The third kappa shape index (κ3) is 2.98. The summed E-state index contributed by atoms with van der Waals surface area (Å²) in [4.78, 5) is 4.39. The third-order valence-corrected chi connectivity index (χ3v) is 6.08. The van der Waals surface area contributed by atoms with Crippen LogP contribution in [-0.4, -0.2) is 40.4 Å². The van der Waals surface area contributed by atoms with Gasteiger partial charge in [0.1, 0.15) is 0 Å². The van der Waals surface area contributed by atoms with Gasteiger partial charge in [-0.3, -0.25) is 5.10 Å². The average molecular weight is 295 g/mol. The molecule has 0 aliphatic carbocycles. The number of nitrogens with zero attached hydrogens (tertiary/aromatic N) is 2. The first-order chi connectivity index (χ1) is 9.12. The molecule has 2 heterocycles. The molecule has 0 radical (unpaired) electrons. The fourth-order valence-electron chi connectivity index (χ4n) is 2.03. The van der Waals surface area contributed by atoms with Crippen LogP contribution in [0.3, 0.4) is 0 Å². The molecule has 1 saturated heterocycles. The van der Waals surface area contributed by atoms with Gasteiger partial charge in [0.15, 0.2) is 15.7 Å². The van der Waals surface area contributed by atoms with E-state index in [-0.39, 0.29) is 16.8 Å². The van der Waals surface area contributed by atoms with Gasteiger partial charge >= 0.3 is 0 Å². The van der Waals surface area contributed by atoms with Crippen molar-refractivity contribution in [1.82, 2.24) is 15.2 Å². The summed E-state index contributed by atoms with van der Waals surface area (Å²) in [5.74, 6) is 1.22. The van der Waals surface area contributed by atoms with Crippen LogP contribution in [0.25, 0.3) is 11.4 Å². The quantitative estimate of drug-likeness (QED) is 0.933. The Kier molecular flexibility index (Phi) is 3.32. The van der Waals surface area contributed by atoms with Crippen LogP contribution in [0.2, 0.25) is 0 Å². The summed E-state index contributed by atoms with van der Waals surface area (Å²) in [7, 11) is -2.85. The zero-order valence-electron chi connectivity index (χ0n) is 10.1. The second kappa shape index (κ2) is 4.97. The van der Waals surface area contributed by atoms with E-state index in [1.165, 1.54) is 11.8 Å². The van der Waals surface area contributed by atoms with Crippen molar-refractivity contribution in [2.75, 3.05) is 11.5 Å². The highest BCUT2D eigenvalue weighted by molar-refractivity contribution is 8.01. The number of sulfone groups is 1. The lowest BCUT2D eigenvalue weighted by atomic mass is 10.2. The van der Waals surface area contributed by atoms with Crippen LogP contribution in [0.4, 0.5) is 0 Å². The highest BCUT2D eigenvalue weighted by Crippen LogP contribution is 2.29. The molecule has 1 aliphatic heterocycles. The molecular weight excluding hydrogens is 282 g/mol. The number of hydrogen-bond donors (Lipinski definition) is 1. The maximum absolute atomic E-state index is 11.4. The van der Waals surface area contributed by atoms with E-state index in [0.717, 1.165) is 5.56 Å². The van der Waals surface area contributed by atoms with E-state index in [4.69, 9.17) is 0 Å². The molecule has 2 aromatic rings. The fourth-order valence-corrected chi connectivity index (χ4v) is 5.39. The summed E-state index contributed by atoms with van der Waals surface area (Å²) in [6.45, 7) is 0. The molecular formula is C12H13N3O2S2. The molecule has 0 saturated carbocycles. The highest BCUT2D eigenvalue weighted by atomic mass is 32.2. The Hall–Kier alpha value is -1.34. The predicted molar refractivity (Wildman–Crippen MR) is 74.7 cm³/mol. The topological polar surface area (TPSA) is 75.7 Å². The molecule has 1 aromatic heterocycles. The number of hydrogen-bond acceptors (Lipinski definition) is 5. The van der Waals surface area contributed by atoms with Gasteiger partial charge in [-0.25, -0.2) is 13.4 Å². The Balaban J connectivity index is 1.73. The second-order valence-electron chi connectivity index (χ2n) is 4.48. The smallest absolute Gasteiger partial charge is 0.209 e. The Bertz CT molecular complexity index is 667. The number of H-pyrrole nitrogens is 1. The summed E-state index contributed by atoms with van der Waals surface area (Å²) in [5.41, 5.74) is 0.973. The van der Waals surface area contributed by atoms with Gasteiger partial charge < -0.3 is 0 Å². The van der Waals surface area contributed by atoms with E-state index in [1.807, 2.05) is 30.3 Å². The molecule has 0 spiro atoms. The van der Waals surface area contributed by atoms with Gasteiger partial charge in [-0.15, -0.1) is 5.10 Å². The standard InChI is InChI=1S/C12H13N3O2S2/c16-19(17)7-6-10(8-19)18-12-13-11(14-15-12)9-4-2-1-3-5-9/h1-5,10H,6-8H2,(H,13,14,15)/t10-/m0/s1. The molecule has 1 N–H and O–H groups in total. The lowest BCUT2D eigenvalue weighted by molar-refractivity contribution is 0.602. The van der Waals surface area contributed by atoms with Gasteiger partial charge in [0, 0.05) is 10.8 Å². The number of nitrogens with one attached hydrogen (secondary N) is 1. The first-order valence-electron chi connectivity index (χ1n) is 5.97. The SMILES string of the molecule is O=S1(=O)CC[C@H](Sc2n[nH]c(-c3ccccc3)n2)C1. The molecule has 0 amide bonds. The lowest BCUT2D eigenvalue weighted by Gasteiger charge is -2.01. The minimum atomic E-state index is -2.85. The fraction of sp³-hybridized carbons (Fsp3) is 0.333. The van der Waals surface area contributed by atoms with Crippen molar-refractivity contribution in [3.05, 3.63) is 30.3 Å². The minimum Gasteiger partial charge on any atom is -0.258 e. The number of thioether (sulfide) groups is 1. The van der Waals surface area contributed by atoms with Crippen LogP contribution in [0.15, 0.2) is 35.5 Å². The van der Waals surface area contributed by atoms with Gasteiger partial charge in [-0.05, 0) is 6.42 Å².